The van der Waals surface area contributed by atoms with E-state index in [-0.39, 0.29) is 16.6 Å². The average molecular weight is 395 g/mol. The average Bonchev–Trinajstić information content (AvgIpc) is 3.09. The zero-order valence-electron chi connectivity index (χ0n) is 16.9. The van der Waals surface area contributed by atoms with Crippen molar-refractivity contribution in [1.29, 1.82) is 0 Å². The number of carbonyl (C=O) groups excluding carboxylic acids is 1. The quantitative estimate of drug-likeness (QED) is 0.619. The number of anilines is 1. The normalized spacial score (nSPS) is 12.6. The number of nitrogens with one attached hydrogen (secondary N) is 1. The van der Waals surface area contributed by atoms with E-state index in [2.05, 4.69) is 48.4 Å². The van der Waals surface area contributed by atoms with Crippen LogP contribution in [0.4, 0.5) is 5.69 Å². The summed E-state index contributed by atoms with van der Waals surface area (Å²) >= 11 is 1.39. The van der Waals surface area contributed by atoms with E-state index in [0.717, 1.165) is 16.9 Å². The number of aromatic nitrogens is 3. The number of aryl methyl sites for hydroxylation is 1. The molecule has 3 rings (SSSR count). The summed E-state index contributed by atoms with van der Waals surface area (Å²) < 4.78 is 1.92. The van der Waals surface area contributed by atoms with E-state index in [4.69, 9.17) is 0 Å². The van der Waals surface area contributed by atoms with Crippen LogP contribution in [0.2, 0.25) is 0 Å². The van der Waals surface area contributed by atoms with Gasteiger partial charge in [0.1, 0.15) is 6.33 Å². The van der Waals surface area contributed by atoms with Gasteiger partial charge in [-0.15, -0.1) is 10.2 Å². The molecule has 1 amide bonds. The number of thioether (sulfide) groups is 1. The summed E-state index contributed by atoms with van der Waals surface area (Å²) in [5.41, 5.74) is 4.26. The highest BCUT2D eigenvalue weighted by atomic mass is 32.2. The predicted octanol–water partition coefficient (Wildman–Crippen LogP) is 4.99. The first kappa shape index (κ1) is 20.1. The van der Waals surface area contributed by atoms with Crippen LogP contribution >= 0.6 is 11.8 Å². The van der Waals surface area contributed by atoms with Gasteiger partial charge in [0.15, 0.2) is 5.16 Å². The molecular weight excluding hydrogens is 368 g/mol. The van der Waals surface area contributed by atoms with E-state index in [0.29, 0.717) is 5.16 Å². The van der Waals surface area contributed by atoms with Gasteiger partial charge >= 0.3 is 0 Å². The van der Waals surface area contributed by atoms with E-state index in [9.17, 15) is 4.79 Å². The Kier molecular flexibility index (Phi) is 5.89. The van der Waals surface area contributed by atoms with E-state index in [1.54, 1.807) is 6.33 Å². The van der Waals surface area contributed by atoms with Gasteiger partial charge in [-0.05, 0) is 48.6 Å². The molecule has 5 nitrogen and oxygen atoms in total. The lowest BCUT2D eigenvalue weighted by atomic mass is 9.87. The molecule has 6 heteroatoms. The first-order valence-corrected chi connectivity index (χ1v) is 10.2. The maximum atomic E-state index is 12.6. The van der Waals surface area contributed by atoms with Gasteiger partial charge in [-0.25, -0.2) is 0 Å². The van der Waals surface area contributed by atoms with Crippen molar-refractivity contribution in [2.24, 2.45) is 0 Å². The fourth-order valence-electron chi connectivity index (χ4n) is 2.81. The number of carbonyl (C=O) groups is 1. The van der Waals surface area contributed by atoms with Gasteiger partial charge in [-0.1, -0.05) is 62.9 Å². The number of para-hydroxylation sites is 1. The molecule has 146 valence electrons. The zero-order chi connectivity index (χ0) is 20.3. The molecule has 1 heterocycles. The number of hydrogen-bond donors (Lipinski definition) is 1. The molecule has 0 saturated carbocycles. The number of rotatable bonds is 5. The standard InChI is InChI=1S/C22H26N4OS/c1-15-8-6-7-9-19(15)26-14-23-25-21(26)28-16(2)20(27)24-18-12-10-17(11-13-18)22(3,4)5/h6-14,16H,1-5H3,(H,24,27). The number of nitrogens with zero attached hydrogens (tertiary/aromatic N) is 3. The van der Waals surface area contributed by atoms with Crippen LogP contribution in [0.3, 0.4) is 0 Å². The molecule has 2 aromatic carbocycles. The van der Waals surface area contributed by atoms with Crippen LogP contribution < -0.4 is 5.32 Å². The highest BCUT2D eigenvalue weighted by molar-refractivity contribution is 8.00. The predicted molar refractivity (Wildman–Crippen MR) is 115 cm³/mol. The molecule has 1 N–H and O–H groups in total. The van der Waals surface area contributed by atoms with Crippen molar-refractivity contribution in [3.8, 4) is 5.69 Å². The minimum absolute atomic E-state index is 0.0622. The van der Waals surface area contributed by atoms with Crippen molar-refractivity contribution < 1.29 is 4.79 Å². The molecule has 0 aliphatic rings. The Morgan fingerprint density at radius 1 is 1.11 bits per heavy atom. The summed E-state index contributed by atoms with van der Waals surface area (Å²) in [6.45, 7) is 10.4. The molecule has 3 aromatic rings. The van der Waals surface area contributed by atoms with Crippen molar-refractivity contribution in [3.63, 3.8) is 0 Å². The van der Waals surface area contributed by atoms with E-state index in [1.807, 2.05) is 54.8 Å². The van der Waals surface area contributed by atoms with Crippen molar-refractivity contribution in [1.82, 2.24) is 14.8 Å². The minimum Gasteiger partial charge on any atom is -0.325 e. The highest BCUT2D eigenvalue weighted by Crippen LogP contribution is 2.27. The van der Waals surface area contributed by atoms with Crippen molar-refractivity contribution in [3.05, 3.63) is 66.0 Å². The summed E-state index contributed by atoms with van der Waals surface area (Å²) in [6.07, 6.45) is 1.68. The maximum Gasteiger partial charge on any atom is 0.237 e. The van der Waals surface area contributed by atoms with Gasteiger partial charge in [0, 0.05) is 5.69 Å². The van der Waals surface area contributed by atoms with Crippen LogP contribution in [-0.2, 0) is 10.2 Å². The van der Waals surface area contributed by atoms with Gasteiger partial charge in [-0.2, -0.15) is 0 Å². The largest absolute Gasteiger partial charge is 0.325 e. The lowest BCUT2D eigenvalue weighted by Gasteiger charge is -2.19. The Balaban J connectivity index is 1.69. The molecule has 1 atom stereocenters. The first-order valence-electron chi connectivity index (χ1n) is 9.30. The zero-order valence-corrected chi connectivity index (χ0v) is 17.7. The van der Waals surface area contributed by atoms with Crippen LogP contribution in [-0.4, -0.2) is 25.9 Å². The summed E-state index contributed by atoms with van der Waals surface area (Å²) in [7, 11) is 0. The van der Waals surface area contributed by atoms with Gasteiger partial charge in [0.05, 0.1) is 10.9 Å². The molecule has 0 bridgehead atoms. The summed E-state index contributed by atoms with van der Waals surface area (Å²) in [5, 5.41) is 11.6. The highest BCUT2D eigenvalue weighted by Gasteiger charge is 2.19. The monoisotopic (exact) mass is 394 g/mol. The Morgan fingerprint density at radius 3 is 2.43 bits per heavy atom. The second-order valence-corrected chi connectivity index (χ2v) is 9.15. The Labute approximate surface area is 170 Å². The molecule has 1 aromatic heterocycles. The topological polar surface area (TPSA) is 59.8 Å². The van der Waals surface area contributed by atoms with Gasteiger partial charge in [0.2, 0.25) is 5.91 Å². The fourth-order valence-corrected chi connectivity index (χ4v) is 3.65. The molecule has 0 saturated heterocycles. The molecule has 0 spiro atoms. The van der Waals surface area contributed by atoms with Crippen LogP contribution in [0.5, 0.6) is 0 Å². The minimum atomic E-state index is -0.311. The summed E-state index contributed by atoms with van der Waals surface area (Å²) in [5.74, 6) is -0.0622. The maximum absolute atomic E-state index is 12.6. The van der Waals surface area contributed by atoms with E-state index < -0.39 is 0 Å². The van der Waals surface area contributed by atoms with Crippen molar-refractivity contribution >= 4 is 23.4 Å². The lowest BCUT2D eigenvalue weighted by Crippen LogP contribution is -2.23. The third-order valence-electron chi connectivity index (χ3n) is 4.56. The fraction of sp³-hybridized carbons (Fsp3) is 0.318. The van der Waals surface area contributed by atoms with Gasteiger partial charge in [-0.3, -0.25) is 9.36 Å². The van der Waals surface area contributed by atoms with Gasteiger partial charge in [0.25, 0.3) is 0 Å². The van der Waals surface area contributed by atoms with Crippen molar-refractivity contribution in [2.75, 3.05) is 5.32 Å². The molecular formula is C22H26N4OS. The Hall–Kier alpha value is -2.60. The van der Waals surface area contributed by atoms with Gasteiger partial charge < -0.3 is 5.32 Å². The third kappa shape index (κ3) is 4.62. The van der Waals surface area contributed by atoms with E-state index in [1.165, 1.54) is 17.3 Å². The molecule has 28 heavy (non-hydrogen) atoms. The van der Waals surface area contributed by atoms with E-state index >= 15 is 0 Å². The van der Waals surface area contributed by atoms with Crippen molar-refractivity contribution in [2.45, 2.75) is 50.4 Å². The summed E-state index contributed by atoms with van der Waals surface area (Å²) in [4.78, 5) is 12.6. The molecule has 0 aliphatic heterocycles. The second-order valence-electron chi connectivity index (χ2n) is 7.85. The molecule has 1 unspecified atom stereocenters. The lowest BCUT2D eigenvalue weighted by molar-refractivity contribution is -0.115. The molecule has 0 radical (unpaired) electrons. The SMILES string of the molecule is Cc1ccccc1-n1cnnc1SC(C)C(=O)Nc1ccc(C(C)(C)C)cc1. The Morgan fingerprint density at radius 2 is 1.79 bits per heavy atom. The molecule has 0 aliphatic carbocycles. The smallest absolute Gasteiger partial charge is 0.237 e. The second kappa shape index (κ2) is 8.19. The van der Waals surface area contributed by atoms with Crippen LogP contribution in [0, 0.1) is 6.92 Å². The number of benzene rings is 2. The van der Waals surface area contributed by atoms with Crippen LogP contribution in [0.1, 0.15) is 38.8 Å². The number of amides is 1. The third-order valence-corrected chi connectivity index (χ3v) is 5.62. The molecule has 0 fully saturated rings. The number of hydrogen-bond acceptors (Lipinski definition) is 4. The Bertz CT molecular complexity index is 957. The van der Waals surface area contributed by atoms with Crippen LogP contribution in [0.15, 0.2) is 60.0 Å². The first-order chi connectivity index (χ1) is 13.3. The summed E-state index contributed by atoms with van der Waals surface area (Å²) in [6, 6.07) is 16.1. The van der Waals surface area contributed by atoms with Crippen LogP contribution in [0.25, 0.3) is 5.69 Å².